The van der Waals surface area contributed by atoms with E-state index in [2.05, 4.69) is 0 Å². The van der Waals surface area contributed by atoms with Gasteiger partial charge in [-0.25, -0.2) is 4.79 Å². The van der Waals surface area contributed by atoms with Gasteiger partial charge >= 0.3 is 5.97 Å². The molecule has 6 nitrogen and oxygen atoms in total. The first kappa shape index (κ1) is 16.9. The van der Waals surface area contributed by atoms with E-state index in [0.717, 1.165) is 10.5 Å². The smallest absolute Gasteiger partial charge is 0.334 e. The molecule has 1 aromatic rings. The van der Waals surface area contributed by atoms with Crippen molar-refractivity contribution in [3.05, 3.63) is 29.8 Å². The van der Waals surface area contributed by atoms with Gasteiger partial charge in [-0.3, -0.25) is 9.59 Å². The second-order valence-corrected chi connectivity index (χ2v) is 6.99. The summed E-state index contributed by atoms with van der Waals surface area (Å²) in [5.41, 5.74) is 0.845. The number of carbonyl (C=O) groups is 3. The van der Waals surface area contributed by atoms with Crippen LogP contribution in [0.4, 0.5) is 0 Å². The zero-order valence-electron chi connectivity index (χ0n) is 11.7. The van der Waals surface area contributed by atoms with E-state index in [1.807, 2.05) is 24.3 Å². The first-order valence-electron chi connectivity index (χ1n) is 6.66. The van der Waals surface area contributed by atoms with Crippen LogP contribution < -0.4 is 0 Å². The molecule has 1 fully saturated rings. The number of nitrogens with zero attached hydrogens (tertiary/aromatic N) is 1. The van der Waals surface area contributed by atoms with Crippen LogP contribution in [-0.4, -0.2) is 33.7 Å². The fourth-order valence-corrected chi connectivity index (χ4v) is 3.65. The molecule has 22 heavy (non-hydrogen) atoms. The highest BCUT2D eigenvalue weighted by Crippen LogP contribution is 2.31. The molecule has 1 saturated heterocycles. The molecule has 1 aromatic carbocycles. The number of hydroxylamine groups is 2. The summed E-state index contributed by atoms with van der Waals surface area (Å²) in [5, 5.41) is 9.51. The van der Waals surface area contributed by atoms with Crippen LogP contribution in [0.3, 0.4) is 0 Å². The molecule has 1 aliphatic heterocycles. The van der Waals surface area contributed by atoms with E-state index in [9.17, 15) is 14.4 Å². The SMILES string of the molecule is O=C(CCSSc1ccc(CO)cc1)ON1C(=O)CCC1=O. The fraction of sp³-hybridized carbons (Fsp3) is 0.357. The third kappa shape index (κ3) is 4.75. The van der Waals surface area contributed by atoms with Gasteiger partial charge in [0.05, 0.1) is 13.0 Å². The van der Waals surface area contributed by atoms with E-state index in [0.29, 0.717) is 10.8 Å². The predicted molar refractivity (Wildman–Crippen MR) is 82.5 cm³/mol. The summed E-state index contributed by atoms with van der Waals surface area (Å²) in [6.07, 6.45) is 0.310. The third-order valence-electron chi connectivity index (χ3n) is 2.85. The molecule has 2 amide bonds. The molecule has 1 heterocycles. The van der Waals surface area contributed by atoms with Crippen molar-refractivity contribution in [2.45, 2.75) is 30.8 Å². The van der Waals surface area contributed by atoms with Crippen LogP contribution in [0.25, 0.3) is 0 Å². The van der Waals surface area contributed by atoms with Gasteiger partial charge in [-0.1, -0.05) is 33.7 Å². The Labute approximate surface area is 135 Å². The first-order valence-corrected chi connectivity index (χ1v) is 8.98. The van der Waals surface area contributed by atoms with E-state index >= 15 is 0 Å². The Hall–Kier alpha value is -1.51. The van der Waals surface area contributed by atoms with Crippen LogP contribution in [-0.2, 0) is 25.8 Å². The molecule has 1 N–H and O–H groups in total. The van der Waals surface area contributed by atoms with E-state index in [-0.39, 0.29) is 25.9 Å². The molecule has 0 radical (unpaired) electrons. The van der Waals surface area contributed by atoms with Crippen molar-refractivity contribution in [3.8, 4) is 0 Å². The van der Waals surface area contributed by atoms with Crippen molar-refractivity contribution in [2.75, 3.05) is 5.75 Å². The van der Waals surface area contributed by atoms with Crippen molar-refractivity contribution >= 4 is 39.4 Å². The van der Waals surface area contributed by atoms with Crippen LogP contribution in [0, 0.1) is 0 Å². The predicted octanol–water partition coefficient (Wildman–Crippen LogP) is 1.92. The van der Waals surface area contributed by atoms with E-state index in [1.165, 1.54) is 21.6 Å². The maximum Gasteiger partial charge on any atom is 0.334 e. The lowest BCUT2D eigenvalue weighted by molar-refractivity contribution is -0.197. The van der Waals surface area contributed by atoms with Crippen molar-refractivity contribution in [3.63, 3.8) is 0 Å². The Morgan fingerprint density at radius 1 is 1.18 bits per heavy atom. The van der Waals surface area contributed by atoms with Gasteiger partial charge < -0.3 is 9.94 Å². The molecule has 0 aliphatic carbocycles. The molecular weight excluding hydrogens is 326 g/mol. The van der Waals surface area contributed by atoms with Gasteiger partial charge in [0, 0.05) is 23.5 Å². The normalized spacial score (nSPS) is 14.5. The molecule has 0 atom stereocenters. The minimum absolute atomic E-state index is 0.0118. The lowest BCUT2D eigenvalue weighted by Crippen LogP contribution is -2.32. The van der Waals surface area contributed by atoms with Crippen LogP contribution >= 0.6 is 21.6 Å². The zero-order chi connectivity index (χ0) is 15.9. The van der Waals surface area contributed by atoms with E-state index in [1.54, 1.807) is 0 Å². The minimum atomic E-state index is -0.590. The van der Waals surface area contributed by atoms with Gasteiger partial charge in [0.15, 0.2) is 0 Å². The number of carbonyl (C=O) groups excluding carboxylic acids is 3. The second-order valence-electron chi connectivity index (χ2n) is 4.50. The number of benzene rings is 1. The maximum atomic E-state index is 11.6. The van der Waals surface area contributed by atoms with Gasteiger partial charge in [0.25, 0.3) is 11.8 Å². The average molecular weight is 341 g/mol. The number of amides is 2. The zero-order valence-corrected chi connectivity index (χ0v) is 13.3. The summed E-state index contributed by atoms with van der Waals surface area (Å²) in [4.78, 5) is 39.9. The fourth-order valence-electron chi connectivity index (χ4n) is 1.69. The summed E-state index contributed by atoms with van der Waals surface area (Å²) in [6.45, 7) is 0.0118. The molecule has 2 rings (SSSR count). The first-order chi connectivity index (χ1) is 10.6. The van der Waals surface area contributed by atoms with Gasteiger partial charge in [-0.2, -0.15) is 0 Å². The van der Waals surface area contributed by atoms with Gasteiger partial charge in [-0.05, 0) is 17.7 Å². The molecule has 0 saturated carbocycles. The Bertz CT molecular complexity index is 545. The molecule has 8 heteroatoms. The minimum Gasteiger partial charge on any atom is -0.392 e. The summed E-state index contributed by atoms with van der Waals surface area (Å²) in [6, 6.07) is 7.45. The molecule has 0 bridgehead atoms. The topological polar surface area (TPSA) is 83.9 Å². The largest absolute Gasteiger partial charge is 0.392 e. The number of imide groups is 1. The number of hydrogen-bond acceptors (Lipinski definition) is 7. The molecule has 0 aromatic heterocycles. The summed E-state index contributed by atoms with van der Waals surface area (Å²) < 4.78 is 0. The summed E-state index contributed by atoms with van der Waals surface area (Å²) in [7, 11) is 2.98. The van der Waals surface area contributed by atoms with E-state index in [4.69, 9.17) is 9.94 Å². The van der Waals surface area contributed by atoms with Gasteiger partial charge in [0.1, 0.15) is 0 Å². The lowest BCUT2D eigenvalue weighted by Gasteiger charge is -2.12. The Kier molecular flexibility index (Phi) is 6.29. The summed E-state index contributed by atoms with van der Waals surface area (Å²) in [5.74, 6) is -1.03. The van der Waals surface area contributed by atoms with Crippen LogP contribution in [0.2, 0.25) is 0 Å². The molecule has 0 spiro atoms. The van der Waals surface area contributed by atoms with Crippen molar-refractivity contribution in [1.82, 2.24) is 5.06 Å². The Morgan fingerprint density at radius 3 is 2.41 bits per heavy atom. The highest BCUT2D eigenvalue weighted by Gasteiger charge is 2.32. The third-order valence-corrected chi connectivity index (χ3v) is 5.23. The Balaban J connectivity index is 1.66. The average Bonchev–Trinajstić information content (AvgIpc) is 2.84. The quantitative estimate of drug-likeness (QED) is 0.461. The van der Waals surface area contributed by atoms with Gasteiger partial charge in [0.2, 0.25) is 0 Å². The molecule has 0 unspecified atom stereocenters. The molecule has 118 valence electrons. The standard InChI is InChI=1S/C14H15NO5S2/c16-9-10-1-3-11(4-2-10)22-21-8-7-14(19)20-15-12(17)5-6-13(15)18/h1-4,16H,5-9H2. The van der Waals surface area contributed by atoms with Crippen molar-refractivity contribution < 1.29 is 24.3 Å². The van der Waals surface area contributed by atoms with Crippen molar-refractivity contribution in [1.29, 1.82) is 0 Å². The molecular formula is C14H15NO5S2. The number of hydrogen-bond donors (Lipinski definition) is 1. The van der Waals surface area contributed by atoms with E-state index < -0.39 is 17.8 Å². The van der Waals surface area contributed by atoms with Crippen LogP contribution in [0.5, 0.6) is 0 Å². The molecule has 1 aliphatic rings. The second kappa shape index (κ2) is 8.21. The lowest BCUT2D eigenvalue weighted by atomic mass is 10.2. The number of aliphatic hydroxyl groups is 1. The van der Waals surface area contributed by atoms with Gasteiger partial charge in [-0.15, -0.1) is 5.06 Å². The van der Waals surface area contributed by atoms with Crippen LogP contribution in [0.15, 0.2) is 29.2 Å². The number of rotatable bonds is 7. The van der Waals surface area contributed by atoms with Crippen molar-refractivity contribution in [2.24, 2.45) is 0 Å². The Morgan fingerprint density at radius 2 is 1.82 bits per heavy atom. The monoisotopic (exact) mass is 341 g/mol. The number of aliphatic hydroxyl groups excluding tert-OH is 1. The highest BCUT2D eigenvalue weighted by atomic mass is 33.1. The van der Waals surface area contributed by atoms with Crippen LogP contribution in [0.1, 0.15) is 24.8 Å². The maximum absolute atomic E-state index is 11.6. The summed E-state index contributed by atoms with van der Waals surface area (Å²) >= 11 is 0. The highest BCUT2D eigenvalue weighted by molar-refractivity contribution is 8.76.